The molecule has 0 fully saturated rings. The molecule has 0 aliphatic carbocycles. The number of ether oxygens (including phenoxy) is 1. The van der Waals surface area contributed by atoms with Crippen LogP contribution in [0.5, 0.6) is 5.88 Å². The Balaban J connectivity index is 1.52. The topological polar surface area (TPSA) is 52.0 Å². The number of hydrogen-bond donors (Lipinski definition) is 1. The van der Waals surface area contributed by atoms with Gasteiger partial charge in [0.2, 0.25) is 5.88 Å². The first-order valence-electron chi connectivity index (χ1n) is 7.51. The van der Waals surface area contributed by atoms with Crippen molar-refractivity contribution in [2.24, 2.45) is 0 Å². The van der Waals surface area contributed by atoms with E-state index in [9.17, 15) is 4.39 Å². The Bertz CT molecular complexity index is 875. The van der Waals surface area contributed by atoms with Crippen LogP contribution in [0.3, 0.4) is 0 Å². The highest BCUT2D eigenvalue weighted by Gasteiger charge is 2.15. The second kappa shape index (κ2) is 6.22. The third kappa shape index (κ3) is 2.98. The summed E-state index contributed by atoms with van der Waals surface area (Å²) in [6, 6.07) is 9.92. The molecule has 0 spiro atoms. The molecule has 122 valence electrons. The van der Waals surface area contributed by atoms with Gasteiger partial charge in [-0.05, 0) is 18.2 Å². The standard InChI is InChI=1S/C17H14ClFN4O/c18-13-5-4-11(14(19)6-13)10-24-17-3-1-2-16(21-17)23-9-12-7-20-8-15(12)22-23/h1-6,9,20H,7-8,10H2. The maximum atomic E-state index is 13.8. The van der Waals surface area contributed by atoms with Crippen LogP contribution in [0.2, 0.25) is 5.02 Å². The molecule has 0 saturated heterocycles. The lowest BCUT2D eigenvalue weighted by molar-refractivity contribution is 0.287. The fourth-order valence-electron chi connectivity index (χ4n) is 2.58. The average molecular weight is 345 g/mol. The van der Waals surface area contributed by atoms with Gasteiger partial charge in [-0.15, -0.1) is 0 Å². The predicted octanol–water partition coefficient (Wildman–Crippen LogP) is 3.24. The van der Waals surface area contributed by atoms with E-state index in [1.165, 1.54) is 11.6 Å². The molecule has 1 N–H and O–H groups in total. The van der Waals surface area contributed by atoms with Gasteiger partial charge in [0.1, 0.15) is 12.4 Å². The van der Waals surface area contributed by atoms with Crippen molar-refractivity contribution >= 4 is 11.6 Å². The Morgan fingerprint density at radius 1 is 1.25 bits per heavy atom. The average Bonchev–Trinajstić information content (AvgIpc) is 3.16. The molecule has 0 amide bonds. The molecule has 5 nitrogen and oxygen atoms in total. The summed E-state index contributed by atoms with van der Waals surface area (Å²) in [5.74, 6) is 0.684. The zero-order chi connectivity index (χ0) is 16.5. The number of aromatic nitrogens is 3. The van der Waals surface area contributed by atoms with Crippen LogP contribution in [0.4, 0.5) is 4.39 Å². The molecule has 1 aliphatic rings. The highest BCUT2D eigenvalue weighted by Crippen LogP contribution is 2.19. The van der Waals surface area contributed by atoms with Crippen molar-refractivity contribution in [3.8, 4) is 11.7 Å². The van der Waals surface area contributed by atoms with Crippen LogP contribution in [-0.2, 0) is 19.7 Å². The van der Waals surface area contributed by atoms with Gasteiger partial charge in [0.25, 0.3) is 0 Å². The molecular formula is C17H14ClFN4O. The van der Waals surface area contributed by atoms with Crippen molar-refractivity contribution in [2.75, 3.05) is 0 Å². The lowest BCUT2D eigenvalue weighted by Gasteiger charge is -2.08. The van der Waals surface area contributed by atoms with Gasteiger partial charge < -0.3 is 10.1 Å². The van der Waals surface area contributed by atoms with Gasteiger partial charge in [0.15, 0.2) is 5.82 Å². The van der Waals surface area contributed by atoms with E-state index in [0.29, 0.717) is 22.3 Å². The minimum atomic E-state index is -0.394. The Morgan fingerprint density at radius 2 is 2.17 bits per heavy atom. The molecule has 0 unspecified atom stereocenters. The Labute approximate surface area is 143 Å². The zero-order valence-electron chi connectivity index (χ0n) is 12.7. The summed E-state index contributed by atoms with van der Waals surface area (Å²) in [6.07, 6.45) is 1.96. The summed E-state index contributed by atoms with van der Waals surface area (Å²) in [5, 5.41) is 8.10. The number of pyridine rings is 1. The first kappa shape index (κ1) is 15.1. The second-order valence-electron chi connectivity index (χ2n) is 5.51. The van der Waals surface area contributed by atoms with E-state index in [-0.39, 0.29) is 6.61 Å². The predicted molar refractivity (Wildman–Crippen MR) is 87.6 cm³/mol. The van der Waals surface area contributed by atoms with E-state index in [1.54, 1.807) is 22.9 Å². The zero-order valence-corrected chi connectivity index (χ0v) is 13.4. The molecular weight excluding hydrogens is 331 g/mol. The summed E-state index contributed by atoms with van der Waals surface area (Å²) in [6.45, 7) is 1.68. The van der Waals surface area contributed by atoms with Gasteiger partial charge in [-0.1, -0.05) is 23.7 Å². The van der Waals surface area contributed by atoms with Crippen molar-refractivity contribution in [3.63, 3.8) is 0 Å². The molecule has 7 heteroatoms. The molecule has 4 rings (SSSR count). The molecule has 1 aromatic carbocycles. The van der Waals surface area contributed by atoms with Crippen LogP contribution in [-0.4, -0.2) is 14.8 Å². The van der Waals surface area contributed by atoms with E-state index in [1.807, 2.05) is 18.3 Å². The molecule has 0 atom stereocenters. The molecule has 1 aliphatic heterocycles. The first-order chi connectivity index (χ1) is 11.7. The Morgan fingerprint density at radius 3 is 3.00 bits per heavy atom. The summed E-state index contributed by atoms with van der Waals surface area (Å²) in [7, 11) is 0. The molecule has 24 heavy (non-hydrogen) atoms. The summed E-state index contributed by atoms with van der Waals surface area (Å²) >= 11 is 5.75. The summed E-state index contributed by atoms with van der Waals surface area (Å²) in [5.41, 5.74) is 2.63. The normalized spacial score (nSPS) is 13.1. The number of hydrogen-bond acceptors (Lipinski definition) is 4. The fourth-order valence-corrected chi connectivity index (χ4v) is 2.74. The van der Waals surface area contributed by atoms with Crippen molar-refractivity contribution < 1.29 is 9.13 Å². The highest BCUT2D eigenvalue weighted by molar-refractivity contribution is 6.30. The third-order valence-electron chi connectivity index (χ3n) is 3.82. The molecule has 3 aromatic rings. The number of halogens is 2. The first-order valence-corrected chi connectivity index (χ1v) is 7.89. The Kier molecular flexibility index (Phi) is 3.92. The van der Waals surface area contributed by atoms with Gasteiger partial charge in [-0.3, -0.25) is 0 Å². The van der Waals surface area contributed by atoms with Crippen LogP contribution in [0.1, 0.15) is 16.8 Å². The van der Waals surface area contributed by atoms with Crippen LogP contribution < -0.4 is 10.1 Å². The molecule has 3 heterocycles. The number of fused-ring (bicyclic) bond motifs is 1. The smallest absolute Gasteiger partial charge is 0.215 e. The fraction of sp³-hybridized carbons (Fsp3) is 0.176. The third-order valence-corrected chi connectivity index (χ3v) is 4.05. The van der Waals surface area contributed by atoms with E-state index in [0.717, 1.165) is 18.8 Å². The van der Waals surface area contributed by atoms with Crippen molar-refractivity contribution in [3.05, 3.63) is 70.3 Å². The number of benzene rings is 1. The van der Waals surface area contributed by atoms with Crippen LogP contribution in [0.15, 0.2) is 42.6 Å². The van der Waals surface area contributed by atoms with E-state index in [2.05, 4.69) is 15.4 Å². The maximum absolute atomic E-state index is 13.8. The van der Waals surface area contributed by atoms with Crippen LogP contribution >= 0.6 is 11.6 Å². The van der Waals surface area contributed by atoms with E-state index in [4.69, 9.17) is 16.3 Å². The molecule has 0 bridgehead atoms. The second-order valence-corrected chi connectivity index (χ2v) is 5.94. The minimum Gasteiger partial charge on any atom is -0.473 e. The lowest BCUT2D eigenvalue weighted by Crippen LogP contribution is -2.06. The maximum Gasteiger partial charge on any atom is 0.215 e. The minimum absolute atomic E-state index is 0.0823. The van der Waals surface area contributed by atoms with Gasteiger partial charge >= 0.3 is 0 Å². The highest BCUT2D eigenvalue weighted by atomic mass is 35.5. The molecule has 2 aromatic heterocycles. The largest absolute Gasteiger partial charge is 0.473 e. The van der Waals surface area contributed by atoms with Gasteiger partial charge in [-0.2, -0.15) is 10.1 Å². The summed E-state index contributed by atoms with van der Waals surface area (Å²) in [4.78, 5) is 4.43. The van der Waals surface area contributed by atoms with Crippen molar-refractivity contribution in [1.29, 1.82) is 0 Å². The van der Waals surface area contributed by atoms with E-state index < -0.39 is 5.82 Å². The van der Waals surface area contributed by atoms with Gasteiger partial charge in [-0.25, -0.2) is 9.07 Å². The quantitative estimate of drug-likeness (QED) is 0.789. The van der Waals surface area contributed by atoms with Crippen LogP contribution in [0.25, 0.3) is 5.82 Å². The molecule has 0 radical (unpaired) electrons. The number of nitrogens with zero attached hydrogens (tertiary/aromatic N) is 3. The van der Waals surface area contributed by atoms with Gasteiger partial charge in [0, 0.05) is 41.5 Å². The van der Waals surface area contributed by atoms with Crippen LogP contribution in [0, 0.1) is 5.82 Å². The lowest BCUT2D eigenvalue weighted by atomic mass is 10.2. The number of nitrogens with one attached hydrogen (secondary N) is 1. The SMILES string of the molecule is Fc1cc(Cl)ccc1COc1cccc(-n2cc3c(n2)CNC3)n1. The van der Waals surface area contributed by atoms with Crippen molar-refractivity contribution in [1.82, 2.24) is 20.1 Å². The van der Waals surface area contributed by atoms with Crippen molar-refractivity contribution in [2.45, 2.75) is 19.7 Å². The molecule has 0 saturated carbocycles. The summed E-state index contributed by atoms with van der Waals surface area (Å²) < 4.78 is 21.1. The monoisotopic (exact) mass is 344 g/mol. The van der Waals surface area contributed by atoms with Gasteiger partial charge in [0.05, 0.1) is 5.69 Å². The Hall–Kier alpha value is -2.44. The number of rotatable bonds is 4. The van der Waals surface area contributed by atoms with E-state index >= 15 is 0 Å².